The molecule has 19 heavy (non-hydrogen) atoms. The van der Waals surface area contributed by atoms with E-state index in [1.54, 1.807) is 12.1 Å². The summed E-state index contributed by atoms with van der Waals surface area (Å²) in [6.07, 6.45) is 4.25. The predicted molar refractivity (Wildman–Crippen MR) is 76.0 cm³/mol. The number of hydrogen-bond donors (Lipinski definition) is 2. The molecule has 3 nitrogen and oxygen atoms in total. The second-order valence-corrected chi connectivity index (χ2v) is 5.57. The summed E-state index contributed by atoms with van der Waals surface area (Å²) in [5.41, 5.74) is 0.794. The zero-order chi connectivity index (χ0) is 13.7. The second kappa shape index (κ2) is 6.92. The summed E-state index contributed by atoms with van der Waals surface area (Å²) in [5, 5.41) is 13.5. The van der Waals surface area contributed by atoms with Crippen LogP contribution in [-0.4, -0.2) is 17.6 Å². The molecule has 0 aliphatic heterocycles. The van der Waals surface area contributed by atoms with Gasteiger partial charge in [0.05, 0.1) is 6.10 Å². The fourth-order valence-electron chi connectivity index (χ4n) is 2.54. The molecule has 0 saturated heterocycles. The number of aliphatic hydroxyl groups is 1. The Balaban J connectivity index is 1.74. The van der Waals surface area contributed by atoms with Gasteiger partial charge in [0, 0.05) is 17.5 Å². The van der Waals surface area contributed by atoms with Gasteiger partial charge in [-0.05, 0) is 37.0 Å². The Morgan fingerprint density at radius 1 is 1.42 bits per heavy atom. The minimum Gasteiger partial charge on any atom is -0.388 e. The van der Waals surface area contributed by atoms with E-state index in [4.69, 9.17) is 11.6 Å². The molecule has 1 amide bonds. The number of hydrogen-bond acceptors (Lipinski definition) is 2. The first-order valence-corrected chi connectivity index (χ1v) is 7.26. The van der Waals surface area contributed by atoms with E-state index < -0.39 is 6.10 Å². The van der Waals surface area contributed by atoms with E-state index in [-0.39, 0.29) is 11.8 Å². The van der Waals surface area contributed by atoms with Crippen LogP contribution >= 0.6 is 11.6 Å². The largest absolute Gasteiger partial charge is 0.388 e. The Kier molecular flexibility index (Phi) is 5.23. The highest BCUT2D eigenvalue weighted by Gasteiger charge is 2.22. The third kappa shape index (κ3) is 4.22. The van der Waals surface area contributed by atoms with Crippen molar-refractivity contribution in [3.63, 3.8) is 0 Å². The Labute approximate surface area is 119 Å². The van der Waals surface area contributed by atoms with E-state index in [0.717, 1.165) is 31.2 Å². The highest BCUT2D eigenvalue weighted by molar-refractivity contribution is 6.30. The van der Waals surface area contributed by atoms with Gasteiger partial charge in [-0.15, -0.1) is 0 Å². The van der Waals surface area contributed by atoms with Gasteiger partial charge in [-0.1, -0.05) is 36.6 Å². The zero-order valence-electron chi connectivity index (χ0n) is 10.9. The lowest BCUT2D eigenvalue weighted by molar-refractivity contribution is -0.124. The van der Waals surface area contributed by atoms with Crippen LogP contribution in [0.5, 0.6) is 0 Å². The van der Waals surface area contributed by atoms with Crippen LogP contribution in [-0.2, 0) is 4.79 Å². The summed E-state index contributed by atoms with van der Waals surface area (Å²) in [6, 6.07) is 7.19. The summed E-state index contributed by atoms with van der Waals surface area (Å²) >= 11 is 5.88. The number of aliphatic hydroxyl groups excluding tert-OH is 1. The minimum atomic E-state index is -0.581. The van der Waals surface area contributed by atoms with Crippen LogP contribution in [0.3, 0.4) is 0 Å². The molecule has 0 heterocycles. The highest BCUT2D eigenvalue weighted by Crippen LogP contribution is 2.25. The summed E-state index contributed by atoms with van der Waals surface area (Å²) < 4.78 is 0. The summed E-state index contributed by atoms with van der Waals surface area (Å²) in [6.45, 7) is 0.503. The van der Waals surface area contributed by atoms with E-state index in [9.17, 15) is 9.90 Å². The molecule has 1 aliphatic rings. The first-order chi connectivity index (χ1) is 9.16. The van der Waals surface area contributed by atoms with E-state index in [2.05, 4.69) is 5.32 Å². The predicted octanol–water partition coefficient (Wildman–Crippen LogP) is 3.07. The Hall–Kier alpha value is -1.06. The zero-order valence-corrected chi connectivity index (χ0v) is 11.7. The van der Waals surface area contributed by atoms with E-state index in [0.29, 0.717) is 18.0 Å². The maximum atomic E-state index is 11.8. The van der Waals surface area contributed by atoms with Gasteiger partial charge in [-0.25, -0.2) is 0 Å². The molecule has 1 aliphatic carbocycles. The number of nitrogens with one attached hydrogen (secondary N) is 1. The topological polar surface area (TPSA) is 49.3 Å². The fourth-order valence-corrected chi connectivity index (χ4v) is 2.74. The van der Waals surface area contributed by atoms with Gasteiger partial charge in [0.25, 0.3) is 0 Å². The van der Waals surface area contributed by atoms with Gasteiger partial charge >= 0.3 is 0 Å². The number of halogens is 1. The molecule has 4 heteroatoms. The van der Waals surface area contributed by atoms with Crippen LogP contribution in [0.25, 0.3) is 0 Å². The molecular weight excluding hydrogens is 262 g/mol. The van der Waals surface area contributed by atoms with Crippen molar-refractivity contribution < 1.29 is 9.90 Å². The summed E-state index contributed by atoms with van der Waals surface area (Å²) in [4.78, 5) is 11.8. The van der Waals surface area contributed by atoms with Crippen molar-refractivity contribution in [1.29, 1.82) is 0 Å². The van der Waals surface area contributed by atoms with Gasteiger partial charge < -0.3 is 10.4 Å². The molecule has 0 spiro atoms. The first kappa shape index (κ1) is 14.4. The maximum absolute atomic E-state index is 11.8. The Morgan fingerprint density at radius 2 is 2.16 bits per heavy atom. The summed E-state index contributed by atoms with van der Waals surface area (Å²) in [7, 11) is 0. The highest BCUT2D eigenvalue weighted by atomic mass is 35.5. The normalized spacial score (nSPS) is 17.4. The average molecular weight is 282 g/mol. The number of benzene rings is 1. The number of rotatable bonds is 5. The van der Waals surface area contributed by atoms with Gasteiger partial charge in [0.1, 0.15) is 0 Å². The van der Waals surface area contributed by atoms with Crippen molar-refractivity contribution >= 4 is 17.5 Å². The van der Waals surface area contributed by atoms with E-state index in [1.807, 2.05) is 12.1 Å². The molecule has 2 rings (SSSR count). The molecule has 1 aromatic rings. The van der Waals surface area contributed by atoms with E-state index in [1.165, 1.54) is 0 Å². The number of amides is 1. The van der Waals surface area contributed by atoms with Crippen LogP contribution in [0.15, 0.2) is 24.3 Å². The van der Waals surface area contributed by atoms with Crippen LogP contribution < -0.4 is 5.32 Å². The van der Waals surface area contributed by atoms with Crippen LogP contribution in [0.2, 0.25) is 5.02 Å². The quantitative estimate of drug-likeness (QED) is 0.871. The van der Waals surface area contributed by atoms with Crippen LogP contribution in [0.4, 0.5) is 0 Å². The average Bonchev–Trinajstić information content (AvgIpc) is 2.92. The van der Waals surface area contributed by atoms with Gasteiger partial charge in [0.2, 0.25) is 5.91 Å². The van der Waals surface area contributed by atoms with Crippen molar-refractivity contribution in [3.05, 3.63) is 34.9 Å². The maximum Gasteiger partial charge on any atom is 0.223 e. The molecular formula is C15H20ClNO2. The Morgan fingerprint density at radius 3 is 2.84 bits per heavy atom. The molecule has 1 unspecified atom stereocenters. The smallest absolute Gasteiger partial charge is 0.223 e. The van der Waals surface area contributed by atoms with Crippen molar-refractivity contribution in [2.24, 2.45) is 5.92 Å². The minimum absolute atomic E-state index is 0.135. The van der Waals surface area contributed by atoms with Gasteiger partial charge in [-0.3, -0.25) is 4.79 Å². The van der Waals surface area contributed by atoms with E-state index >= 15 is 0 Å². The Bertz CT molecular complexity index is 430. The molecule has 0 bridgehead atoms. The summed E-state index contributed by atoms with van der Waals surface area (Å²) in [5.74, 6) is 0.319. The SMILES string of the molecule is O=C(NCCC(O)c1cccc(Cl)c1)C1CCCC1. The molecule has 0 radical (unpaired) electrons. The third-order valence-electron chi connectivity index (χ3n) is 3.68. The van der Waals surface area contributed by atoms with Gasteiger partial charge in [-0.2, -0.15) is 0 Å². The molecule has 1 atom stereocenters. The van der Waals surface area contributed by atoms with Crippen molar-refractivity contribution in [2.45, 2.75) is 38.2 Å². The third-order valence-corrected chi connectivity index (χ3v) is 3.91. The van der Waals surface area contributed by atoms with Crippen molar-refractivity contribution in [2.75, 3.05) is 6.54 Å². The first-order valence-electron chi connectivity index (χ1n) is 6.88. The van der Waals surface area contributed by atoms with Gasteiger partial charge in [0.15, 0.2) is 0 Å². The molecule has 1 fully saturated rings. The lowest BCUT2D eigenvalue weighted by Crippen LogP contribution is -2.30. The van der Waals surface area contributed by atoms with Crippen molar-refractivity contribution in [1.82, 2.24) is 5.32 Å². The molecule has 2 N–H and O–H groups in total. The van der Waals surface area contributed by atoms with Crippen LogP contribution in [0.1, 0.15) is 43.8 Å². The van der Waals surface area contributed by atoms with Crippen LogP contribution in [0, 0.1) is 5.92 Å². The molecule has 1 saturated carbocycles. The molecule has 0 aromatic heterocycles. The fraction of sp³-hybridized carbons (Fsp3) is 0.533. The lowest BCUT2D eigenvalue weighted by atomic mass is 10.1. The standard InChI is InChI=1S/C15H20ClNO2/c16-13-7-3-6-12(10-13)14(18)8-9-17-15(19)11-4-1-2-5-11/h3,6-7,10-11,14,18H,1-2,4-5,8-9H2,(H,17,19). The number of carbonyl (C=O) groups excluding carboxylic acids is 1. The number of carbonyl (C=O) groups is 1. The second-order valence-electron chi connectivity index (χ2n) is 5.13. The molecule has 1 aromatic carbocycles. The monoisotopic (exact) mass is 281 g/mol. The van der Waals surface area contributed by atoms with Crippen molar-refractivity contribution in [3.8, 4) is 0 Å². The molecule has 104 valence electrons. The lowest BCUT2D eigenvalue weighted by Gasteiger charge is -2.14.